The second-order valence-corrected chi connectivity index (χ2v) is 6.56. The van der Waals surface area contributed by atoms with Crippen molar-refractivity contribution in [3.05, 3.63) is 64.7 Å². The molecule has 1 amide bonds. The molecule has 1 N–H and O–H groups in total. The highest BCUT2D eigenvalue weighted by Crippen LogP contribution is 2.29. The third kappa shape index (κ3) is 3.90. The van der Waals surface area contributed by atoms with E-state index in [4.69, 9.17) is 16.3 Å². The zero-order valence-electron chi connectivity index (χ0n) is 13.8. The Morgan fingerprint density at radius 1 is 1.25 bits per heavy atom. The smallest absolute Gasteiger partial charge is 0.261 e. The molecule has 0 unspecified atom stereocenters. The van der Waals surface area contributed by atoms with Gasteiger partial charge >= 0.3 is 0 Å². The van der Waals surface area contributed by atoms with Gasteiger partial charge in [-0.15, -0.1) is 0 Å². The Hall–Kier alpha value is -2.00. The molecule has 2 atom stereocenters. The topological polar surface area (TPSA) is 38.3 Å². The van der Waals surface area contributed by atoms with Gasteiger partial charge in [0, 0.05) is 5.02 Å². The van der Waals surface area contributed by atoms with Crippen LogP contribution in [0.5, 0.6) is 5.75 Å². The van der Waals surface area contributed by atoms with Crippen molar-refractivity contribution < 1.29 is 9.53 Å². The zero-order chi connectivity index (χ0) is 16.9. The molecule has 1 aliphatic carbocycles. The van der Waals surface area contributed by atoms with E-state index in [0.717, 1.165) is 19.3 Å². The summed E-state index contributed by atoms with van der Waals surface area (Å²) in [6.07, 6.45) is 3.26. The number of benzene rings is 2. The van der Waals surface area contributed by atoms with E-state index in [1.165, 1.54) is 11.1 Å². The minimum Gasteiger partial charge on any atom is -0.481 e. The van der Waals surface area contributed by atoms with Gasteiger partial charge in [0.2, 0.25) is 0 Å². The van der Waals surface area contributed by atoms with Crippen LogP contribution in [0.1, 0.15) is 43.4 Å². The van der Waals surface area contributed by atoms with Crippen LogP contribution in [0.4, 0.5) is 0 Å². The van der Waals surface area contributed by atoms with E-state index < -0.39 is 6.10 Å². The highest BCUT2D eigenvalue weighted by Gasteiger charge is 2.25. The van der Waals surface area contributed by atoms with Crippen molar-refractivity contribution in [1.82, 2.24) is 5.32 Å². The molecule has 0 bridgehead atoms. The lowest BCUT2D eigenvalue weighted by Gasteiger charge is -2.28. The second-order valence-electron chi connectivity index (χ2n) is 6.12. The molecule has 0 heterocycles. The van der Waals surface area contributed by atoms with Crippen molar-refractivity contribution >= 4 is 17.5 Å². The van der Waals surface area contributed by atoms with Gasteiger partial charge in [-0.25, -0.2) is 0 Å². The van der Waals surface area contributed by atoms with Crippen molar-refractivity contribution in [3.63, 3.8) is 0 Å². The first-order valence-electron chi connectivity index (χ1n) is 8.47. The van der Waals surface area contributed by atoms with Crippen molar-refractivity contribution in [2.75, 3.05) is 0 Å². The largest absolute Gasteiger partial charge is 0.481 e. The van der Waals surface area contributed by atoms with Crippen molar-refractivity contribution in [3.8, 4) is 5.75 Å². The average Bonchev–Trinajstić information content (AvgIpc) is 2.61. The first-order chi connectivity index (χ1) is 11.7. The molecule has 24 heavy (non-hydrogen) atoms. The number of fused-ring (bicyclic) bond motifs is 1. The van der Waals surface area contributed by atoms with Gasteiger partial charge in [0.05, 0.1) is 6.04 Å². The Morgan fingerprint density at radius 2 is 2.00 bits per heavy atom. The van der Waals surface area contributed by atoms with Crippen molar-refractivity contribution in [1.29, 1.82) is 0 Å². The van der Waals surface area contributed by atoms with Gasteiger partial charge in [-0.1, -0.05) is 42.8 Å². The zero-order valence-corrected chi connectivity index (χ0v) is 14.6. The van der Waals surface area contributed by atoms with Gasteiger partial charge in [0.15, 0.2) is 6.10 Å². The van der Waals surface area contributed by atoms with Crippen LogP contribution >= 0.6 is 11.6 Å². The Bertz CT molecular complexity index is 699. The SMILES string of the molecule is CC[C@H](Oc1ccc(Cl)cc1)C(=O)N[C@H]1CCCc2ccccc21. The molecule has 0 aromatic heterocycles. The lowest BCUT2D eigenvalue weighted by atomic mass is 9.87. The Balaban J connectivity index is 1.68. The molecule has 3 rings (SSSR count). The number of rotatable bonds is 5. The number of halogens is 1. The summed E-state index contributed by atoms with van der Waals surface area (Å²) in [5, 5.41) is 3.82. The fourth-order valence-electron chi connectivity index (χ4n) is 3.17. The Kier molecular flexibility index (Phi) is 5.41. The van der Waals surface area contributed by atoms with E-state index in [9.17, 15) is 4.79 Å². The number of nitrogens with one attached hydrogen (secondary N) is 1. The maximum Gasteiger partial charge on any atom is 0.261 e. The number of aryl methyl sites for hydroxylation is 1. The minimum absolute atomic E-state index is 0.0610. The lowest BCUT2D eigenvalue weighted by molar-refractivity contribution is -0.129. The summed E-state index contributed by atoms with van der Waals surface area (Å²) < 4.78 is 5.84. The van der Waals surface area contributed by atoms with Crippen LogP contribution < -0.4 is 10.1 Å². The molecule has 3 nitrogen and oxygen atoms in total. The molecular formula is C20H22ClNO2. The molecule has 0 spiro atoms. The summed E-state index contributed by atoms with van der Waals surface area (Å²) in [6, 6.07) is 15.5. The van der Waals surface area contributed by atoms with E-state index in [2.05, 4.69) is 23.5 Å². The fourth-order valence-corrected chi connectivity index (χ4v) is 3.29. The molecule has 0 fully saturated rings. The molecular weight excluding hydrogens is 322 g/mol. The van der Waals surface area contributed by atoms with E-state index in [-0.39, 0.29) is 11.9 Å². The molecule has 0 radical (unpaired) electrons. The van der Waals surface area contributed by atoms with E-state index in [0.29, 0.717) is 17.2 Å². The number of carbonyl (C=O) groups is 1. The predicted molar refractivity (Wildman–Crippen MR) is 96.4 cm³/mol. The monoisotopic (exact) mass is 343 g/mol. The van der Waals surface area contributed by atoms with Gasteiger partial charge in [-0.05, 0) is 61.1 Å². The molecule has 1 aliphatic rings. The van der Waals surface area contributed by atoms with E-state index in [1.54, 1.807) is 24.3 Å². The molecule has 0 saturated carbocycles. The molecule has 4 heteroatoms. The van der Waals surface area contributed by atoms with Crippen molar-refractivity contribution in [2.24, 2.45) is 0 Å². The summed E-state index contributed by atoms with van der Waals surface area (Å²) in [5.74, 6) is 0.597. The third-order valence-electron chi connectivity index (χ3n) is 4.44. The van der Waals surface area contributed by atoms with Crippen LogP contribution in [-0.4, -0.2) is 12.0 Å². The molecule has 2 aromatic carbocycles. The maximum absolute atomic E-state index is 12.7. The quantitative estimate of drug-likeness (QED) is 0.855. The van der Waals surface area contributed by atoms with Crippen molar-refractivity contribution in [2.45, 2.75) is 44.8 Å². The van der Waals surface area contributed by atoms with Gasteiger partial charge in [-0.3, -0.25) is 4.79 Å². The van der Waals surface area contributed by atoms with Gasteiger partial charge in [-0.2, -0.15) is 0 Å². The Labute approximate surface area is 148 Å². The average molecular weight is 344 g/mol. The van der Waals surface area contributed by atoms with Crippen LogP contribution in [0, 0.1) is 0 Å². The van der Waals surface area contributed by atoms with Crippen LogP contribution in [-0.2, 0) is 11.2 Å². The first-order valence-corrected chi connectivity index (χ1v) is 8.85. The van der Waals surface area contributed by atoms with E-state index in [1.807, 2.05) is 13.0 Å². The molecule has 0 saturated heterocycles. The van der Waals surface area contributed by atoms with Crippen LogP contribution in [0.25, 0.3) is 0 Å². The van der Waals surface area contributed by atoms with Crippen LogP contribution in [0.2, 0.25) is 5.02 Å². The van der Waals surface area contributed by atoms with Crippen LogP contribution in [0.15, 0.2) is 48.5 Å². The third-order valence-corrected chi connectivity index (χ3v) is 4.69. The summed E-state index contributed by atoms with van der Waals surface area (Å²) >= 11 is 5.89. The second kappa shape index (κ2) is 7.71. The summed E-state index contributed by atoms with van der Waals surface area (Å²) in [6.45, 7) is 1.95. The number of hydrogen-bond donors (Lipinski definition) is 1. The van der Waals surface area contributed by atoms with Crippen LogP contribution in [0.3, 0.4) is 0 Å². The first kappa shape index (κ1) is 16.8. The highest BCUT2D eigenvalue weighted by molar-refractivity contribution is 6.30. The number of amides is 1. The van der Waals surface area contributed by atoms with E-state index >= 15 is 0 Å². The molecule has 126 valence electrons. The number of carbonyl (C=O) groups excluding carboxylic acids is 1. The van der Waals surface area contributed by atoms with Gasteiger partial charge < -0.3 is 10.1 Å². The molecule has 2 aromatic rings. The summed E-state index contributed by atoms with van der Waals surface area (Å²) in [7, 11) is 0. The van der Waals surface area contributed by atoms with Gasteiger partial charge in [0.25, 0.3) is 5.91 Å². The summed E-state index contributed by atoms with van der Waals surface area (Å²) in [5.41, 5.74) is 2.57. The lowest BCUT2D eigenvalue weighted by Crippen LogP contribution is -2.40. The predicted octanol–water partition coefficient (Wildman–Crippen LogP) is 4.69. The Morgan fingerprint density at radius 3 is 2.75 bits per heavy atom. The standard InChI is InChI=1S/C20H22ClNO2/c1-2-19(24-16-12-10-15(21)11-13-16)20(23)22-18-9-5-7-14-6-3-4-8-17(14)18/h3-4,6,8,10-13,18-19H,2,5,7,9H2,1H3,(H,22,23)/t18-,19-/m0/s1. The molecule has 0 aliphatic heterocycles. The fraction of sp³-hybridized carbons (Fsp3) is 0.350. The normalized spacial score (nSPS) is 17.7. The highest BCUT2D eigenvalue weighted by atomic mass is 35.5. The number of hydrogen-bond acceptors (Lipinski definition) is 2. The summed E-state index contributed by atoms with van der Waals surface area (Å²) in [4.78, 5) is 12.7. The number of ether oxygens (including phenoxy) is 1. The maximum atomic E-state index is 12.7. The minimum atomic E-state index is -0.500. The van der Waals surface area contributed by atoms with Gasteiger partial charge in [0.1, 0.15) is 5.75 Å².